The minimum Gasteiger partial charge on any atom is -0.385 e. The molecule has 0 saturated heterocycles. The minimum absolute atomic E-state index is 0.793. The number of rotatable bonds is 6. The highest BCUT2D eigenvalue weighted by Gasteiger charge is 2.17. The molecule has 0 aromatic carbocycles. The smallest absolute Gasteiger partial charge is 0.0462 e. The highest BCUT2D eigenvalue weighted by Crippen LogP contribution is 2.23. The summed E-state index contributed by atoms with van der Waals surface area (Å²) in [5.74, 6) is 0.931. The maximum Gasteiger partial charge on any atom is 0.0462 e. The Hall–Kier alpha value is -0.0800. The first-order valence-electron chi connectivity index (χ1n) is 6.05. The first-order valence-corrected chi connectivity index (χ1v) is 6.05. The van der Waals surface area contributed by atoms with Gasteiger partial charge in [0.2, 0.25) is 0 Å². The van der Waals surface area contributed by atoms with E-state index in [0.29, 0.717) is 0 Å². The zero-order valence-corrected chi connectivity index (χ0v) is 9.72. The largest absolute Gasteiger partial charge is 0.385 e. The third kappa shape index (κ3) is 4.97. The lowest BCUT2D eigenvalue weighted by Crippen LogP contribution is -2.34. The van der Waals surface area contributed by atoms with Crippen LogP contribution >= 0.6 is 0 Å². The van der Waals surface area contributed by atoms with Crippen LogP contribution < -0.4 is 5.32 Å². The van der Waals surface area contributed by atoms with Gasteiger partial charge in [-0.3, -0.25) is 0 Å². The van der Waals surface area contributed by atoms with E-state index < -0.39 is 0 Å². The van der Waals surface area contributed by atoms with Crippen molar-refractivity contribution < 1.29 is 4.74 Å². The Labute approximate surface area is 88.4 Å². The van der Waals surface area contributed by atoms with Gasteiger partial charge in [-0.15, -0.1) is 0 Å². The van der Waals surface area contributed by atoms with Crippen LogP contribution in [0.25, 0.3) is 0 Å². The number of hydrogen-bond acceptors (Lipinski definition) is 2. The van der Waals surface area contributed by atoms with Crippen molar-refractivity contribution in [1.29, 1.82) is 0 Å². The van der Waals surface area contributed by atoms with E-state index in [1.807, 2.05) is 0 Å². The number of methoxy groups -OCH3 is 1. The Morgan fingerprint density at radius 1 is 1.29 bits per heavy atom. The van der Waals surface area contributed by atoms with E-state index in [1.54, 1.807) is 7.11 Å². The SMILES string of the molecule is COCCCCN[C@H]1CCC[C@@H](C)C1. The van der Waals surface area contributed by atoms with Gasteiger partial charge in [-0.05, 0) is 38.1 Å². The Morgan fingerprint density at radius 2 is 2.14 bits per heavy atom. The molecule has 0 unspecified atom stereocenters. The molecule has 14 heavy (non-hydrogen) atoms. The number of nitrogens with one attached hydrogen (secondary N) is 1. The molecule has 1 rings (SSSR count). The van der Waals surface area contributed by atoms with Gasteiger partial charge in [0.05, 0.1) is 0 Å². The van der Waals surface area contributed by atoms with Gasteiger partial charge in [0.25, 0.3) is 0 Å². The van der Waals surface area contributed by atoms with E-state index in [4.69, 9.17) is 4.74 Å². The van der Waals surface area contributed by atoms with E-state index in [2.05, 4.69) is 12.2 Å². The van der Waals surface area contributed by atoms with E-state index in [-0.39, 0.29) is 0 Å². The van der Waals surface area contributed by atoms with Crippen molar-refractivity contribution >= 4 is 0 Å². The maximum atomic E-state index is 5.02. The molecule has 1 saturated carbocycles. The van der Waals surface area contributed by atoms with Gasteiger partial charge in [0.15, 0.2) is 0 Å². The molecular weight excluding hydrogens is 174 g/mol. The van der Waals surface area contributed by atoms with Crippen LogP contribution in [-0.2, 0) is 4.74 Å². The van der Waals surface area contributed by atoms with E-state index in [1.165, 1.54) is 45.1 Å². The van der Waals surface area contributed by atoms with E-state index >= 15 is 0 Å². The first kappa shape index (κ1) is 12.0. The van der Waals surface area contributed by atoms with Crippen molar-refractivity contribution in [3.8, 4) is 0 Å². The molecule has 0 heterocycles. The van der Waals surface area contributed by atoms with Crippen LogP contribution in [0, 0.1) is 5.92 Å². The van der Waals surface area contributed by atoms with Gasteiger partial charge < -0.3 is 10.1 Å². The summed E-state index contributed by atoms with van der Waals surface area (Å²) in [6.45, 7) is 4.45. The van der Waals surface area contributed by atoms with Crippen LogP contribution in [0.4, 0.5) is 0 Å². The Bertz CT molecular complexity index is 138. The van der Waals surface area contributed by atoms with Crippen molar-refractivity contribution in [2.75, 3.05) is 20.3 Å². The topological polar surface area (TPSA) is 21.3 Å². The van der Waals surface area contributed by atoms with E-state index in [0.717, 1.165) is 18.6 Å². The molecule has 0 radical (unpaired) electrons. The molecule has 1 N–H and O–H groups in total. The lowest BCUT2D eigenvalue weighted by Gasteiger charge is -2.27. The van der Waals surface area contributed by atoms with Crippen LogP contribution in [0.3, 0.4) is 0 Å². The molecule has 0 amide bonds. The van der Waals surface area contributed by atoms with Crippen molar-refractivity contribution in [2.45, 2.75) is 51.5 Å². The summed E-state index contributed by atoms with van der Waals surface area (Å²) in [5.41, 5.74) is 0. The lowest BCUT2D eigenvalue weighted by atomic mass is 9.87. The second kappa shape index (κ2) is 7.24. The molecule has 0 spiro atoms. The third-order valence-electron chi connectivity index (χ3n) is 3.14. The summed E-state index contributed by atoms with van der Waals surface area (Å²) < 4.78 is 5.02. The summed E-state index contributed by atoms with van der Waals surface area (Å²) in [5, 5.41) is 3.66. The number of ether oxygens (including phenoxy) is 1. The summed E-state index contributed by atoms with van der Waals surface area (Å²) in [7, 11) is 1.77. The number of hydrogen-bond donors (Lipinski definition) is 1. The van der Waals surface area contributed by atoms with Gasteiger partial charge in [-0.25, -0.2) is 0 Å². The van der Waals surface area contributed by atoms with Crippen LogP contribution in [0.5, 0.6) is 0 Å². The normalized spacial score (nSPS) is 27.9. The molecule has 2 nitrogen and oxygen atoms in total. The fraction of sp³-hybridized carbons (Fsp3) is 1.00. The van der Waals surface area contributed by atoms with Crippen molar-refractivity contribution in [1.82, 2.24) is 5.32 Å². The standard InChI is InChI=1S/C12H25NO/c1-11-6-5-7-12(10-11)13-8-3-4-9-14-2/h11-13H,3-10H2,1-2H3/t11-,12+/m1/s1. The zero-order valence-electron chi connectivity index (χ0n) is 9.72. The van der Waals surface area contributed by atoms with Gasteiger partial charge in [-0.1, -0.05) is 19.8 Å². The summed E-state index contributed by atoms with van der Waals surface area (Å²) >= 11 is 0. The fourth-order valence-electron chi connectivity index (χ4n) is 2.30. The highest BCUT2D eigenvalue weighted by atomic mass is 16.5. The molecule has 0 aromatic rings. The average molecular weight is 199 g/mol. The van der Waals surface area contributed by atoms with Gasteiger partial charge in [0.1, 0.15) is 0 Å². The average Bonchev–Trinajstić information content (AvgIpc) is 2.18. The minimum atomic E-state index is 0.793. The van der Waals surface area contributed by atoms with Crippen LogP contribution in [0.1, 0.15) is 45.4 Å². The highest BCUT2D eigenvalue weighted by molar-refractivity contribution is 4.75. The molecule has 0 aromatic heterocycles. The second-order valence-corrected chi connectivity index (χ2v) is 4.62. The predicted molar refractivity (Wildman–Crippen MR) is 60.5 cm³/mol. The molecule has 1 aliphatic rings. The molecule has 0 bridgehead atoms. The fourth-order valence-corrected chi connectivity index (χ4v) is 2.30. The molecular formula is C12H25NO. The van der Waals surface area contributed by atoms with Crippen LogP contribution in [0.15, 0.2) is 0 Å². The Balaban J connectivity index is 1.95. The van der Waals surface area contributed by atoms with Crippen molar-refractivity contribution in [2.24, 2.45) is 5.92 Å². The summed E-state index contributed by atoms with van der Waals surface area (Å²) in [6.07, 6.45) is 8.04. The predicted octanol–water partition coefficient (Wildman–Crippen LogP) is 2.58. The van der Waals surface area contributed by atoms with Gasteiger partial charge in [0, 0.05) is 19.8 Å². The Kier molecular flexibility index (Phi) is 6.20. The molecule has 2 atom stereocenters. The summed E-state index contributed by atoms with van der Waals surface area (Å²) in [6, 6.07) is 0.793. The quantitative estimate of drug-likeness (QED) is 0.664. The molecule has 1 fully saturated rings. The van der Waals surface area contributed by atoms with Crippen molar-refractivity contribution in [3.63, 3.8) is 0 Å². The zero-order chi connectivity index (χ0) is 10.2. The maximum absolute atomic E-state index is 5.02. The first-order chi connectivity index (χ1) is 6.83. The second-order valence-electron chi connectivity index (χ2n) is 4.62. The monoisotopic (exact) mass is 199 g/mol. The van der Waals surface area contributed by atoms with Crippen LogP contribution in [0.2, 0.25) is 0 Å². The summed E-state index contributed by atoms with van der Waals surface area (Å²) in [4.78, 5) is 0. The third-order valence-corrected chi connectivity index (χ3v) is 3.14. The number of unbranched alkanes of at least 4 members (excludes halogenated alkanes) is 1. The van der Waals surface area contributed by atoms with E-state index in [9.17, 15) is 0 Å². The molecule has 84 valence electrons. The Morgan fingerprint density at radius 3 is 2.86 bits per heavy atom. The van der Waals surface area contributed by atoms with Crippen LogP contribution in [-0.4, -0.2) is 26.3 Å². The molecule has 0 aliphatic heterocycles. The lowest BCUT2D eigenvalue weighted by molar-refractivity contribution is 0.191. The van der Waals surface area contributed by atoms with Crippen molar-refractivity contribution in [3.05, 3.63) is 0 Å². The van der Waals surface area contributed by atoms with Gasteiger partial charge >= 0.3 is 0 Å². The molecule has 1 aliphatic carbocycles. The molecule has 2 heteroatoms. The van der Waals surface area contributed by atoms with Gasteiger partial charge in [-0.2, -0.15) is 0 Å².